The lowest BCUT2D eigenvalue weighted by Crippen LogP contribution is -2.42. The van der Waals surface area contributed by atoms with Crippen molar-refractivity contribution in [3.8, 4) is 17.6 Å². The van der Waals surface area contributed by atoms with Crippen molar-refractivity contribution < 1.29 is 19.1 Å². The molecule has 0 spiro atoms. The van der Waals surface area contributed by atoms with Crippen molar-refractivity contribution in [3.63, 3.8) is 0 Å². The molecule has 2 N–H and O–H groups in total. The number of ether oxygens (including phenoxy) is 2. The molecule has 0 bridgehead atoms. The third kappa shape index (κ3) is 4.83. The number of carbonyl (C=O) groups is 2. The molecule has 0 atom stereocenters. The Bertz CT molecular complexity index is 1010. The second kappa shape index (κ2) is 9.30. The SMILES string of the molecule is N#Cc1nccnc1N1CCC(CNC(=O)C(=O)Nc2ccc3c(c2)OCCO3)CC1. The first-order valence-corrected chi connectivity index (χ1v) is 10.1. The Hall–Kier alpha value is -3.87. The zero-order chi connectivity index (χ0) is 21.6. The normalized spacial score (nSPS) is 15.6. The van der Waals surface area contributed by atoms with E-state index in [1.165, 1.54) is 6.20 Å². The van der Waals surface area contributed by atoms with Crippen molar-refractivity contribution in [3.05, 3.63) is 36.3 Å². The summed E-state index contributed by atoms with van der Waals surface area (Å²) >= 11 is 0. The van der Waals surface area contributed by atoms with E-state index in [4.69, 9.17) is 9.47 Å². The molecule has 2 aromatic rings. The summed E-state index contributed by atoms with van der Waals surface area (Å²) in [5.74, 6) is 0.573. The molecule has 3 heterocycles. The van der Waals surface area contributed by atoms with Crippen LogP contribution in [0.15, 0.2) is 30.6 Å². The van der Waals surface area contributed by atoms with Gasteiger partial charge in [0.15, 0.2) is 23.0 Å². The zero-order valence-corrected chi connectivity index (χ0v) is 16.8. The minimum atomic E-state index is -0.729. The first kappa shape index (κ1) is 20.4. The minimum absolute atomic E-state index is 0.240. The quantitative estimate of drug-likeness (QED) is 0.701. The lowest BCUT2D eigenvalue weighted by molar-refractivity contribution is -0.136. The summed E-state index contributed by atoms with van der Waals surface area (Å²) in [7, 11) is 0. The highest BCUT2D eigenvalue weighted by molar-refractivity contribution is 6.39. The summed E-state index contributed by atoms with van der Waals surface area (Å²) in [4.78, 5) is 34.8. The van der Waals surface area contributed by atoms with Gasteiger partial charge in [0.1, 0.15) is 19.3 Å². The summed E-state index contributed by atoms with van der Waals surface area (Å²) in [5.41, 5.74) is 0.778. The number of carbonyl (C=O) groups excluding carboxylic acids is 2. The molecule has 10 heteroatoms. The van der Waals surface area contributed by atoms with Crippen LogP contribution in [-0.4, -0.2) is 54.6 Å². The Kier molecular flexibility index (Phi) is 6.12. The third-order valence-corrected chi connectivity index (χ3v) is 5.26. The Balaban J connectivity index is 1.24. The van der Waals surface area contributed by atoms with Gasteiger partial charge in [-0.1, -0.05) is 0 Å². The number of amides is 2. The number of rotatable bonds is 4. The van der Waals surface area contributed by atoms with E-state index in [-0.39, 0.29) is 5.92 Å². The highest BCUT2D eigenvalue weighted by Gasteiger charge is 2.24. The number of fused-ring (bicyclic) bond motifs is 1. The largest absolute Gasteiger partial charge is 0.486 e. The predicted octanol–water partition coefficient (Wildman–Crippen LogP) is 1.09. The van der Waals surface area contributed by atoms with Crippen molar-refractivity contribution in [2.24, 2.45) is 5.92 Å². The summed E-state index contributed by atoms with van der Waals surface area (Å²) < 4.78 is 10.9. The van der Waals surface area contributed by atoms with Gasteiger partial charge in [0.2, 0.25) is 0 Å². The number of hydrogen-bond donors (Lipinski definition) is 2. The molecule has 0 aliphatic carbocycles. The molecule has 2 amide bonds. The molecule has 160 valence electrons. The van der Waals surface area contributed by atoms with Crippen LogP contribution in [-0.2, 0) is 9.59 Å². The molecular weight excluding hydrogens is 400 g/mol. The van der Waals surface area contributed by atoms with E-state index < -0.39 is 11.8 Å². The Morgan fingerprint density at radius 2 is 1.84 bits per heavy atom. The van der Waals surface area contributed by atoms with Crippen molar-refractivity contribution in [2.75, 3.05) is 43.1 Å². The van der Waals surface area contributed by atoms with Gasteiger partial charge in [0.05, 0.1) is 0 Å². The smallest absolute Gasteiger partial charge is 0.313 e. The van der Waals surface area contributed by atoms with Crippen LogP contribution in [0.1, 0.15) is 18.5 Å². The number of aromatic nitrogens is 2. The summed E-state index contributed by atoms with van der Waals surface area (Å²) in [6.07, 6.45) is 4.69. The fourth-order valence-electron chi connectivity index (χ4n) is 3.62. The molecular formula is C21H22N6O4. The molecule has 0 saturated carbocycles. The third-order valence-electron chi connectivity index (χ3n) is 5.26. The van der Waals surface area contributed by atoms with Crippen LogP contribution in [0.5, 0.6) is 11.5 Å². The van der Waals surface area contributed by atoms with E-state index in [2.05, 4.69) is 26.7 Å². The molecule has 1 fully saturated rings. The average molecular weight is 422 g/mol. The van der Waals surface area contributed by atoms with E-state index >= 15 is 0 Å². The molecule has 4 rings (SSSR count). The van der Waals surface area contributed by atoms with Gasteiger partial charge in [0.25, 0.3) is 0 Å². The maximum absolute atomic E-state index is 12.2. The molecule has 31 heavy (non-hydrogen) atoms. The molecule has 10 nitrogen and oxygen atoms in total. The number of nitrogens with zero attached hydrogens (tertiary/aromatic N) is 4. The first-order chi connectivity index (χ1) is 15.1. The fourth-order valence-corrected chi connectivity index (χ4v) is 3.62. The Morgan fingerprint density at radius 1 is 1.10 bits per heavy atom. The van der Waals surface area contributed by atoms with Gasteiger partial charge in [-0.2, -0.15) is 5.26 Å². The molecule has 2 aliphatic heterocycles. The highest BCUT2D eigenvalue weighted by Crippen LogP contribution is 2.32. The number of anilines is 2. The minimum Gasteiger partial charge on any atom is -0.486 e. The maximum Gasteiger partial charge on any atom is 0.313 e. The number of nitrogens with one attached hydrogen (secondary N) is 2. The number of hydrogen-bond acceptors (Lipinski definition) is 8. The first-order valence-electron chi connectivity index (χ1n) is 10.1. The van der Waals surface area contributed by atoms with Crippen molar-refractivity contribution in [1.29, 1.82) is 5.26 Å². The highest BCUT2D eigenvalue weighted by atomic mass is 16.6. The van der Waals surface area contributed by atoms with Crippen LogP contribution in [0.2, 0.25) is 0 Å². The molecule has 2 aliphatic rings. The van der Waals surface area contributed by atoms with E-state index in [0.717, 1.165) is 12.8 Å². The van der Waals surface area contributed by atoms with Crippen LogP contribution in [0, 0.1) is 17.2 Å². The van der Waals surface area contributed by atoms with Crippen LogP contribution in [0.25, 0.3) is 0 Å². The van der Waals surface area contributed by atoms with Gasteiger partial charge in [-0.15, -0.1) is 0 Å². The topological polar surface area (TPSA) is 129 Å². The molecule has 1 aromatic heterocycles. The van der Waals surface area contributed by atoms with E-state index in [1.807, 2.05) is 4.90 Å². The predicted molar refractivity (Wildman–Crippen MR) is 111 cm³/mol. The van der Waals surface area contributed by atoms with E-state index in [0.29, 0.717) is 61.5 Å². The summed E-state index contributed by atoms with van der Waals surface area (Å²) in [6, 6.07) is 7.06. The van der Waals surface area contributed by atoms with Crippen LogP contribution in [0.4, 0.5) is 11.5 Å². The second-order valence-electron chi connectivity index (χ2n) is 7.29. The van der Waals surface area contributed by atoms with E-state index in [9.17, 15) is 14.9 Å². The van der Waals surface area contributed by atoms with Gasteiger partial charge < -0.3 is 25.0 Å². The Labute approximate surface area is 179 Å². The van der Waals surface area contributed by atoms with Crippen molar-refractivity contribution >= 4 is 23.3 Å². The van der Waals surface area contributed by atoms with Crippen molar-refractivity contribution in [2.45, 2.75) is 12.8 Å². The fraction of sp³-hybridized carbons (Fsp3) is 0.381. The molecule has 1 aromatic carbocycles. The second-order valence-corrected chi connectivity index (χ2v) is 7.29. The lowest BCUT2D eigenvalue weighted by Gasteiger charge is -2.32. The van der Waals surface area contributed by atoms with Gasteiger partial charge in [0, 0.05) is 43.8 Å². The maximum atomic E-state index is 12.2. The molecule has 1 saturated heterocycles. The number of nitriles is 1. The standard InChI is InChI=1S/C21H22N6O4/c22-12-16-19(24-6-5-23-16)27-7-3-14(4-8-27)13-25-20(28)21(29)26-15-1-2-17-18(11-15)31-10-9-30-17/h1-2,5-6,11,14H,3-4,7-10,13H2,(H,25,28)(H,26,29). The van der Waals surface area contributed by atoms with Crippen molar-refractivity contribution in [1.82, 2.24) is 15.3 Å². The summed E-state index contributed by atoms with van der Waals surface area (Å²) in [5, 5.41) is 14.5. The van der Waals surface area contributed by atoms with Gasteiger partial charge in [-0.05, 0) is 30.9 Å². The number of benzene rings is 1. The Morgan fingerprint density at radius 3 is 2.61 bits per heavy atom. The lowest BCUT2D eigenvalue weighted by atomic mass is 9.96. The summed E-state index contributed by atoms with van der Waals surface area (Å²) in [6.45, 7) is 2.75. The van der Waals surface area contributed by atoms with Crippen LogP contribution >= 0.6 is 0 Å². The van der Waals surface area contributed by atoms with Crippen LogP contribution < -0.4 is 25.0 Å². The van der Waals surface area contributed by atoms with Gasteiger partial charge >= 0.3 is 11.8 Å². The zero-order valence-electron chi connectivity index (χ0n) is 16.8. The van der Waals surface area contributed by atoms with Crippen LogP contribution in [0.3, 0.4) is 0 Å². The monoisotopic (exact) mass is 422 g/mol. The van der Waals surface area contributed by atoms with E-state index in [1.54, 1.807) is 24.4 Å². The number of piperidine rings is 1. The van der Waals surface area contributed by atoms with Gasteiger partial charge in [-0.3, -0.25) is 9.59 Å². The molecule has 0 unspecified atom stereocenters. The molecule has 0 radical (unpaired) electrons. The van der Waals surface area contributed by atoms with Gasteiger partial charge in [-0.25, -0.2) is 9.97 Å². The average Bonchev–Trinajstić information content (AvgIpc) is 2.82.